The SMILES string of the molecule is CC(=O)N1CCc2ccc(O)cc21. The fourth-order valence-corrected chi connectivity index (χ4v) is 1.69. The van der Waals surface area contributed by atoms with Crippen molar-refractivity contribution in [3.05, 3.63) is 23.8 Å². The Bertz CT molecular complexity index is 360. The number of benzene rings is 1. The normalized spacial score (nSPS) is 14.4. The van der Waals surface area contributed by atoms with Gasteiger partial charge in [-0.25, -0.2) is 0 Å². The maximum absolute atomic E-state index is 11.2. The Kier molecular flexibility index (Phi) is 1.72. The number of carbonyl (C=O) groups is 1. The number of carbonyl (C=O) groups excluding carboxylic acids is 1. The van der Waals surface area contributed by atoms with Crippen LogP contribution in [0.5, 0.6) is 5.75 Å². The van der Waals surface area contributed by atoms with Gasteiger partial charge < -0.3 is 10.0 Å². The van der Waals surface area contributed by atoms with Crippen LogP contribution in [-0.4, -0.2) is 17.6 Å². The fourth-order valence-electron chi connectivity index (χ4n) is 1.69. The van der Waals surface area contributed by atoms with Crippen LogP contribution in [-0.2, 0) is 11.2 Å². The molecule has 0 saturated heterocycles. The molecule has 0 atom stereocenters. The van der Waals surface area contributed by atoms with Crippen molar-refractivity contribution in [3.8, 4) is 5.75 Å². The molecule has 1 aliphatic rings. The summed E-state index contributed by atoms with van der Waals surface area (Å²) in [5.41, 5.74) is 1.99. The lowest BCUT2D eigenvalue weighted by molar-refractivity contribution is -0.116. The molecule has 1 N–H and O–H groups in total. The van der Waals surface area contributed by atoms with Crippen molar-refractivity contribution in [2.75, 3.05) is 11.4 Å². The summed E-state index contributed by atoms with van der Waals surface area (Å²) in [7, 11) is 0. The molecule has 2 rings (SSSR count). The van der Waals surface area contributed by atoms with Crippen molar-refractivity contribution in [1.82, 2.24) is 0 Å². The molecular formula is C10H11NO2. The number of amides is 1. The minimum atomic E-state index is 0.0318. The highest BCUT2D eigenvalue weighted by Gasteiger charge is 2.21. The first-order chi connectivity index (χ1) is 6.18. The van der Waals surface area contributed by atoms with Crippen molar-refractivity contribution < 1.29 is 9.90 Å². The Morgan fingerprint density at radius 1 is 1.54 bits per heavy atom. The van der Waals surface area contributed by atoms with Crippen LogP contribution in [0.25, 0.3) is 0 Å². The molecule has 0 aromatic heterocycles. The summed E-state index contributed by atoms with van der Waals surface area (Å²) >= 11 is 0. The number of rotatable bonds is 0. The number of fused-ring (bicyclic) bond motifs is 1. The maximum atomic E-state index is 11.2. The number of phenols is 1. The summed E-state index contributed by atoms with van der Waals surface area (Å²) in [6.45, 7) is 2.27. The van der Waals surface area contributed by atoms with Crippen molar-refractivity contribution in [2.45, 2.75) is 13.3 Å². The number of aromatic hydroxyl groups is 1. The third-order valence-corrected chi connectivity index (χ3v) is 2.34. The Balaban J connectivity index is 2.46. The smallest absolute Gasteiger partial charge is 0.223 e. The van der Waals surface area contributed by atoms with Crippen LogP contribution in [0.3, 0.4) is 0 Å². The zero-order chi connectivity index (χ0) is 9.42. The molecular weight excluding hydrogens is 166 g/mol. The quantitative estimate of drug-likeness (QED) is 0.649. The molecule has 0 unspecified atom stereocenters. The van der Waals surface area contributed by atoms with Crippen LogP contribution in [0.1, 0.15) is 12.5 Å². The Morgan fingerprint density at radius 3 is 3.00 bits per heavy atom. The number of nitrogens with zero attached hydrogens (tertiary/aromatic N) is 1. The number of hydrogen-bond acceptors (Lipinski definition) is 2. The highest BCUT2D eigenvalue weighted by molar-refractivity contribution is 5.93. The first-order valence-corrected chi connectivity index (χ1v) is 4.28. The zero-order valence-corrected chi connectivity index (χ0v) is 7.45. The second-order valence-electron chi connectivity index (χ2n) is 3.23. The Labute approximate surface area is 76.6 Å². The van der Waals surface area contributed by atoms with Gasteiger partial charge in [0.2, 0.25) is 5.91 Å². The molecule has 1 aromatic carbocycles. The van der Waals surface area contributed by atoms with Gasteiger partial charge in [-0.05, 0) is 18.1 Å². The van der Waals surface area contributed by atoms with E-state index in [1.54, 1.807) is 24.0 Å². The van der Waals surface area contributed by atoms with Gasteiger partial charge in [0.05, 0.1) is 5.69 Å². The predicted molar refractivity (Wildman–Crippen MR) is 49.8 cm³/mol. The number of anilines is 1. The second-order valence-corrected chi connectivity index (χ2v) is 3.23. The van der Waals surface area contributed by atoms with Crippen LogP contribution in [0.4, 0.5) is 5.69 Å². The molecule has 0 bridgehead atoms. The van der Waals surface area contributed by atoms with E-state index in [0.29, 0.717) is 0 Å². The first kappa shape index (κ1) is 8.10. The van der Waals surface area contributed by atoms with Crippen molar-refractivity contribution in [2.24, 2.45) is 0 Å². The molecule has 1 heterocycles. The van der Waals surface area contributed by atoms with Gasteiger partial charge in [0, 0.05) is 19.5 Å². The van der Waals surface area contributed by atoms with E-state index in [1.807, 2.05) is 6.07 Å². The van der Waals surface area contributed by atoms with E-state index in [-0.39, 0.29) is 11.7 Å². The Hall–Kier alpha value is -1.51. The van der Waals surface area contributed by atoms with Gasteiger partial charge >= 0.3 is 0 Å². The monoisotopic (exact) mass is 177 g/mol. The van der Waals surface area contributed by atoms with E-state index in [4.69, 9.17) is 0 Å². The highest BCUT2D eigenvalue weighted by atomic mass is 16.3. The van der Waals surface area contributed by atoms with Crippen LogP contribution in [0.15, 0.2) is 18.2 Å². The second kappa shape index (κ2) is 2.76. The topological polar surface area (TPSA) is 40.5 Å². The molecule has 0 aliphatic carbocycles. The van der Waals surface area contributed by atoms with Gasteiger partial charge in [-0.2, -0.15) is 0 Å². The lowest BCUT2D eigenvalue weighted by Gasteiger charge is -2.14. The summed E-state index contributed by atoms with van der Waals surface area (Å²) in [6, 6.07) is 5.17. The van der Waals surface area contributed by atoms with E-state index in [2.05, 4.69) is 0 Å². The van der Waals surface area contributed by atoms with Gasteiger partial charge in [-0.15, -0.1) is 0 Å². The molecule has 1 aromatic rings. The first-order valence-electron chi connectivity index (χ1n) is 4.28. The van der Waals surface area contributed by atoms with Gasteiger partial charge in [-0.3, -0.25) is 4.79 Å². The standard InChI is InChI=1S/C10H11NO2/c1-7(12)11-5-4-8-2-3-9(13)6-10(8)11/h2-3,6,13H,4-5H2,1H3. The van der Waals surface area contributed by atoms with Crippen LogP contribution in [0.2, 0.25) is 0 Å². The van der Waals surface area contributed by atoms with Gasteiger partial charge in [0.25, 0.3) is 0 Å². The fraction of sp³-hybridized carbons (Fsp3) is 0.300. The van der Waals surface area contributed by atoms with E-state index >= 15 is 0 Å². The molecule has 0 spiro atoms. The Morgan fingerprint density at radius 2 is 2.31 bits per heavy atom. The highest BCUT2D eigenvalue weighted by Crippen LogP contribution is 2.30. The average Bonchev–Trinajstić information content (AvgIpc) is 2.46. The van der Waals surface area contributed by atoms with Crippen LogP contribution in [0, 0.1) is 0 Å². The molecule has 3 heteroatoms. The summed E-state index contributed by atoms with van der Waals surface area (Å²) in [6.07, 6.45) is 0.884. The van der Waals surface area contributed by atoms with Gasteiger partial charge in [-0.1, -0.05) is 6.07 Å². The van der Waals surface area contributed by atoms with E-state index < -0.39 is 0 Å². The van der Waals surface area contributed by atoms with E-state index in [1.165, 1.54) is 0 Å². The van der Waals surface area contributed by atoms with Gasteiger partial charge in [0.1, 0.15) is 5.75 Å². The average molecular weight is 177 g/mol. The molecule has 1 aliphatic heterocycles. The van der Waals surface area contributed by atoms with E-state index in [9.17, 15) is 9.90 Å². The molecule has 1 amide bonds. The molecule has 3 nitrogen and oxygen atoms in total. The molecule has 0 radical (unpaired) electrons. The van der Waals surface area contributed by atoms with Gasteiger partial charge in [0.15, 0.2) is 0 Å². The molecule has 13 heavy (non-hydrogen) atoms. The van der Waals surface area contributed by atoms with Crippen LogP contribution >= 0.6 is 0 Å². The third-order valence-electron chi connectivity index (χ3n) is 2.34. The summed E-state index contributed by atoms with van der Waals surface area (Å²) in [4.78, 5) is 12.9. The molecule has 0 fully saturated rings. The lowest BCUT2D eigenvalue weighted by atomic mass is 10.1. The minimum absolute atomic E-state index is 0.0318. The largest absolute Gasteiger partial charge is 0.508 e. The maximum Gasteiger partial charge on any atom is 0.223 e. The van der Waals surface area contributed by atoms with Crippen molar-refractivity contribution in [3.63, 3.8) is 0 Å². The third kappa shape index (κ3) is 1.26. The molecule has 68 valence electrons. The molecule has 0 saturated carbocycles. The van der Waals surface area contributed by atoms with E-state index in [0.717, 1.165) is 24.2 Å². The van der Waals surface area contributed by atoms with Crippen LogP contribution < -0.4 is 4.90 Å². The summed E-state index contributed by atoms with van der Waals surface area (Å²) in [5.74, 6) is 0.247. The van der Waals surface area contributed by atoms with Crippen molar-refractivity contribution >= 4 is 11.6 Å². The zero-order valence-electron chi connectivity index (χ0n) is 7.45. The number of hydrogen-bond donors (Lipinski definition) is 1. The lowest BCUT2D eigenvalue weighted by Crippen LogP contribution is -2.25. The summed E-state index contributed by atoms with van der Waals surface area (Å²) < 4.78 is 0. The van der Waals surface area contributed by atoms with Crippen molar-refractivity contribution in [1.29, 1.82) is 0 Å². The number of phenolic OH excluding ortho intramolecular Hbond substituents is 1. The summed E-state index contributed by atoms with van der Waals surface area (Å²) in [5, 5.41) is 9.26. The minimum Gasteiger partial charge on any atom is -0.508 e. The predicted octanol–water partition coefficient (Wildman–Crippen LogP) is 1.30.